The average molecular weight is 424 g/mol. The van der Waals surface area contributed by atoms with Crippen molar-refractivity contribution in [1.82, 2.24) is 19.6 Å². The zero-order valence-electron chi connectivity index (χ0n) is 18.2. The van der Waals surface area contributed by atoms with Crippen molar-refractivity contribution < 1.29 is 9.53 Å². The number of hydrogen-bond acceptors (Lipinski definition) is 7. The Hall–Kier alpha value is -3.12. The number of nitrogens with zero attached hydrogens (tertiary/aromatic N) is 5. The van der Waals surface area contributed by atoms with E-state index in [-0.39, 0.29) is 5.92 Å². The monoisotopic (exact) mass is 423 g/mol. The van der Waals surface area contributed by atoms with Crippen LogP contribution in [0.1, 0.15) is 52.0 Å². The molecule has 0 saturated carbocycles. The number of nitrogens with one attached hydrogen (secondary N) is 1. The summed E-state index contributed by atoms with van der Waals surface area (Å²) in [6, 6.07) is 3.59. The maximum atomic E-state index is 12.5. The van der Waals surface area contributed by atoms with Crippen LogP contribution >= 0.6 is 0 Å². The van der Waals surface area contributed by atoms with Crippen LogP contribution in [0, 0.1) is 23.2 Å². The van der Waals surface area contributed by atoms with Gasteiger partial charge in [0.1, 0.15) is 22.7 Å². The molecule has 3 aromatic heterocycles. The molecular weight excluding hydrogens is 394 g/mol. The minimum absolute atomic E-state index is 0.0126. The van der Waals surface area contributed by atoms with E-state index in [1.807, 2.05) is 33.0 Å². The van der Waals surface area contributed by atoms with Crippen LogP contribution in [-0.4, -0.2) is 44.7 Å². The number of H-pyrrole nitrogens is 1. The molecule has 0 spiro atoms. The molecule has 4 rings (SSSR count). The van der Waals surface area contributed by atoms with Crippen LogP contribution in [0.25, 0.3) is 22.1 Å². The number of piperidine rings is 1. The number of nitrogens with two attached hydrogens (primary N) is 1. The summed E-state index contributed by atoms with van der Waals surface area (Å²) >= 11 is 0. The molecule has 31 heavy (non-hydrogen) atoms. The highest BCUT2D eigenvalue weighted by atomic mass is 16.5. The second-order valence-electron chi connectivity index (χ2n) is 8.62. The number of imidazole rings is 1. The molecule has 0 radical (unpaired) electrons. The van der Waals surface area contributed by atoms with E-state index in [0.717, 1.165) is 48.0 Å². The molecular formula is C22H29N7O2. The zero-order valence-corrected chi connectivity index (χ0v) is 18.2. The summed E-state index contributed by atoms with van der Waals surface area (Å²) in [7, 11) is 0. The van der Waals surface area contributed by atoms with Gasteiger partial charge in [0.05, 0.1) is 12.3 Å². The highest BCUT2D eigenvalue weighted by Gasteiger charge is 2.29. The third-order valence-corrected chi connectivity index (χ3v) is 6.10. The Labute approximate surface area is 181 Å². The summed E-state index contributed by atoms with van der Waals surface area (Å²) in [5, 5.41) is 12.2. The largest absolute Gasteiger partial charge is 0.453 e. The van der Waals surface area contributed by atoms with Crippen molar-refractivity contribution in [1.29, 1.82) is 5.26 Å². The van der Waals surface area contributed by atoms with Crippen molar-refractivity contribution >= 4 is 28.0 Å². The molecule has 0 bridgehead atoms. The van der Waals surface area contributed by atoms with E-state index in [1.54, 1.807) is 6.20 Å². The molecule has 3 aromatic rings. The van der Waals surface area contributed by atoms with Crippen molar-refractivity contribution in [2.45, 2.75) is 52.2 Å². The molecule has 0 aromatic carbocycles. The smallest absolute Gasteiger partial charge is 0.323 e. The predicted molar refractivity (Wildman–Crippen MR) is 118 cm³/mol. The SMILES string of the molecule is CC(C)[C@@H](N)C(=O)O[C@H](C)c1nc2cnc3[nH]ccc3c2n1N1CCC(CC#N)CC1. The number of carbonyl (C=O) groups excluding carboxylic acids is 1. The van der Waals surface area contributed by atoms with Crippen LogP contribution in [-0.2, 0) is 9.53 Å². The van der Waals surface area contributed by atoms with Crippen LogP contribution in [0.2, 0.25) is 0 Å². The van der Waals surface area contributed by atoms with Crippen molar-refractivity contribution in [3.63, 3.8) is 0 Å². The molecule has 3 N–H and O–H groups in total. The maximum Gasteiger partial charge on any atom is 0.323 e. The maximum absolute atomic E-state index is 12.5. The number of aromatic nitrogens is 4. The molecule has 0 unspecified atom stereocenters. The first-order chi connectivity index (χ1) is 14.9. The van der Waals surface area contributed by atoms with Gasteiger partial charge in [0.25, 0.3) is 0 Å². The number of esters is 1. The molecule has 1 aliphatic heterocycles. The third kappa shape index (κ3) is 3.95. The van der Waals surface area contributed by atoms with Crippen molar-refractivity contribution in [3.8, 4) is 6.07 Å². The Morgan fingerprint density at radius 3 is 2.81 bits per heavy atom. The van der Waals surface area contributed by atoms with Gasteiger partial charge in [-0.15, -0.1) is 0 Å². The zero-order chi connectivity index (χ0) is 22.1. The van der Waals surface area contributed by atoms with Crippen LogP contribution in [0.4, 0.5) is 0 Å². The highest BCUT2D eigenvalue weighted by Crippen LogP contribution is 2.30. The topological polar surface area (TPSA) is 126 Å². The van der Waals surface area contributed by atoms with E-state index < -0.39 is 18.1 Å². The van der Waals surface area contributed by atoms with E-state index in [2.05, 4.69) is 25.7 Å². The molecule has 2 atom stereocenters. The first-order valence-electron chi connectivity index (χ1n) is 10.8. The first kappa shape index (κ1) is 21.1. The van der Waals surface area contributed by atoms with E-state index in [9.17, 15) is 4.79 Å². The van der Waals surface area contributed by atoms with Gasteiger partial charge in [-0.05, 0) is 37.7 Å². The van der Waals surface area contributed by atoms with Crippen molar-refractivity contribution in [2.75, 3.05) is 18.1 Å². The molecule has 1 saturated heterocycles. The van der Waals surface area contributed by atoms with Crippen LogP contribution in [0.15, 0.2) is 18.5 Å². The lowest BCUT2D eigenvalue weighted by Gasteiger charge is -2.35. The first-order valence-corrected chi connectivity index (χ1v) is 10.8. The highest BCUT2D eigenvalue weighted by molar-refractivity contribution is 6.01. The summed E-state index contributed by atoms with van der Waals surface area (Å²) in [5.74, 6) is 0.612. The number of fused-ring (bicyclic) bond motifs is 3. The molecule has 1 aliphatic rings. The fraction of sp³-hybridized carbons (Fsp3) is 0.545. The standard InChI is InChI=1S/C22H29N7O2/c1-13(2)18(24)22(30)31-14(3)21-27-17-12-26-20-16(5-9-25-20)19(17)29(21)28-10-6-15(4-8-23)7-11-28/h5,9,12-15,18H,4,6-7,10-11,24H2,1-3H3,(H,25,26)/t14-,18-/m1/s1. The van der Waals surface area contributed by atoms with Gasteiger partial charge in [-0.2, -0.15) is 5.26 Å². The minimum atomic E-state index is -0.681. The third-order valence-electron chi connectivity index (χ3n) is 6.10. The van der Waals surface area contributed by atoms with Gasteiger partial charge in [0, 0.05) is 31.1 Å². The van der Waals surface area contributed by atoms with Crippen molar-refractivity contribution in [3.05, 3.63) is 24.3 Å². The van der Waals surface area contributed by atoms with E-state index >= 15 is 0 Å². The molecule has 0 amide bonds. The number of rotatable bonds is 6. The molecule has 164 valence electrons. The number of hydrogen-bond donors (Lipinski definition) is 2. The predicted octanol–water partition coefficient (Wildman–Crippen LogP) is 2.76. The van der Waals surface area contributed by atoms with Gasteiger partial charge < -0.3 is 20.5 Å². The second kappa shape index (κ2) is 8.55. The number of aromatic amines is 1. The number of ether oxygens (including phenoxy) is 1. The van der Waals surface area contributed by atoms with Gasteiger partial charge in [-0.3, -0.25) is 4.79 Å². The van der Waals surface area contributed by atoms with Crippen LogP contribution in [0.5, 0.6) is 0 Å². The lowest BCUT2D eigenvalue weighted by molar-refractivity contribution is -0.151. The van der Waals surface area contributed by atoms with E-state index in [4.69, 9.17) is 20.7 Å². The Bertz CT molecular complexity index is 1120. The second-order valence-corrected chi connectivity index (χ2v) is 8.62. The summed E-state index contributed by atoms with van der Waals surface area (Å²) in [4.78, 5) is 24.9. The molecule has 1 fully saturated rings. The number of pyridine rings is 1. The molecule has 9 nitrogen and oxygen atoms in total. The Balaban J connectivity index is 1.74. The van der Waals surface area contributed by atoms with E-state index in [0.29, 0.717) is 18.2 Å². The Morgan fingerprint density at radius 1 is 1.39 bits per heavy atom. The normalized spacial score (nSPS) is 17.2. The molecule has 4 heterocycles. The van der Waals surface area contributed by atoms with Crippen molar-refractivity contribution in [2.24, 2.45) is 17.6 Å². The fourth-order valence-electron chi connectivity index (χ4n) is 4.15. The Morgan fingerprint density at radius 2 is 2.13 bits per heavy atom. The lowest BCUT2D eigenvalue weighted by Crippen LogP contribution is -2.43. The van der Waals surface area contributed by atoms with Gasteiger partial charge >= 0.3 is 5.97 Å². The van der Waals surface area contributed by atoms with E-state index in [1.165, 1.54) is 0 Å². The minimum Gasteiger partial charge on any atom is -0.453 e. The quantitative estimate of drug-likeness (QED) is 0.584. The van der Waals surface area contributed by atoms with Crippen LogP contribution in [0.3, 0.4) is 0 Å². The molecule has 9 heteroatoms. The number of nitriles is 1. The van der Waals surface area contributed by atoms with Gasteiger partial charge in [0.15, 0.2) is 11.9 Å². The number of carbonyl (C=O) groups is 1. The summed E-state index contributed by atoms with van der Waals surface area (Å²) < 4.78 is 7.81. The summed E-state index contributed by atoms with van der Waals surface area (Å²) in [6.45, 7) is 7.21. The average Bonchev–Trinajstić information content (AvgIpc) is 3.38. The van der Waals surface area contributed by atoms with Crippen LogP contribution < -0.4 is 10.7 Å². The Kier molecular flexibility index (Phi) is 5.83. The van der Waals surface area contributed by atoms with Gasteiger partial charge in [0.2, 0.25) is 0 Å². The lowest BCUT2D eigenvalue weighted by atomic mass is 9.95. The summed E-state index contributed by atoms with van der Waals surface area (Å²) in [6.07, 6.45) is 5.47. The van der Waals surface area contributed by atoms with Gasteiger partial charge in [-0.25, -0.2) is 14.6 Å². The van der Waals surface area contributed by atoms with Gasteiger partial charge in [-0.1, -0.05) is 13.8 Å². The molecule has 0 aliphatic carbocycles. The summed E-state index contributed by atoms with van der Waals surface area (Å²) in [5.41, 5.74) is 8.47. The fourth-order valence-corrected chi connectivity index (χ4v) is 4.15.